The van der Waals surface area contributed by atoms with Crippen LogP contribution in [0.15, 0.2) is 24.5 Å². The predicted octanol–water partition coefficient (Wildman–Crippen LogP) is 2.45. The van der Waals surface area contributed by atoms with Crippen LogP contribution in [0.4, 0.5) is 5.69 Å². The summed E-state index contributed by atoms with van der Waals surface area (Å²) in [5.41, 5.74) is 10.2. The second-order valence-corrected chi connectivity index (χ2v) is 3.42. The summed E-state index contributed by atoms with van der Waals surface area (Å²) < 4.78 is 0. The number of hydrogen-bond donors (Lipinski definition) is 2. The van der Waals surface area contributed by atoms with Crippen molar-refractivity contribution >= 4 is 5.69 Å². The summed E-state index contributed by atoms with van der Waals surface area (Å²) in [6, 6.07) is 4.25. The summed E-state index contributed by atoms with van der Waals surface area (Å²) >= 11 is 0. The van der Waals surface area contributed by atoms with Crippen molar-refractivity contribution in [2.45, 2.75) is 20.8 Å². The molecule has 0 fully saturated rings. The second-order valence-electron chi connectivity index (χ2n) is 3.42. The third kappa shape index (κ3) is 2.25. The van der Waals surface area contributed by atoms with Crippen molar-refractivity contribution in [3.63, 3.8) is 0 Å². The molecule has 1 aromatic carbocycles. The normalized spacial score (nSPS) is 9.77. The van der Waals surface area contributed by atoms with Crippen molar-refractivity contribution in [2.24, 2.45) is 5.73 Å². The number of anilines is 1. The Balaban J connectivity index is 3.13. The first-order valence-electron chi connectivity index (χ1n) is 4.30. The van der Waals surface area contributed by atoms with Gasteiger partial charge in [0.25, 0.3) is 0 Å². The van der Waals surface area contributed by atoms with Crippen molar-refractivity contribution in [3.05, 3.63) is 41.2 Å². The first kappa shape index (κ1) is 9.65. The van der Waals surface area contributed by atoms with Gasteiger partial charge >= 0.3 is 0 Å². The van der Waals surface area contributed by atoms with E-state index in [0.717, 1.165) is 5.69 Å². The molecule has 0 heterocycles. The van der Waals surface area contributed by atoms with Crippen molar-refractivity contribution in [2.75, 3.05) is 5.32 Å². The molecular weight excluding hydrogens is 160 g/mol. The lowest BCUT2D eigenvalue weighted by Crippen LogP contribution is -2.09. The topological polar surface area (TPSA) is 38.0 Å². The van der Waals surface area contributed by atoms with Gasteiger partial charge in [-0.2, -0.15) is 0 Å². The van der Waals surface area contributed by atoms with Gasteiger partial charge in [-0.15, -0.1) is 0 Å². The average molecular weight is 176 g/mol. The van der Waals surface area contributed by atoms with E-state index in [1.54, 1.807) is 0 Å². The summed E-state index contributed by atoms with van der Waals surface area (Å²) in [7, 11) is 0. The van der Waals surface area contributed by atoms with Gasteiger partial charge in [0.05, 0.1) is 5.82 Å². The lowest BCUT2D eigenvalue weighted by Gasteiger charge is -2.12. The van der Waals surface area contributed by atoms with E-state index in [4.69, 9.17) is 5.73 Å². The van der Waals surface area contributed by atoms with Crippen LogP contribution in [-0.4, -0.2) is 0 Å². The molecular formula is C11H16N2. The zero-order valence-electron chi connectivity index (χ0n) is 8.44. The van der Waals surface area contributed by atoms with E-state index >= 15 is 0 Å². The van der Waals surface area contributed by atoms with Crippen molar-refractivity contribution in [1.82, 2.24) is 0 Å². The van der Waals surface area contributed by atoms with Gasteiger partial charge in [0.15, 0.2) is 0 Å². The lowest BCUT2D eigenvalue weighted by atomic mass is 10.1. The minimum atomic E-state index is 0.482. The summed E-state index contributed by atoms with van der Waals surface area (Å²) in [5.74, 6) is 0.482. The number of rotatable bonds is 2. The number of aryl methyl sites for hydroxylation is 3. The Morgan fingerprint density at radius 1 is 1.23 bits per heavy atom. The molecule has 3 N–H and O–H groups in total. The molecule has 0 aliphatic carbocycles. The maximum Gasteiger partial charge on any atom is 0.0930 e. The van der Waals surface area contributed by atoms with Gasteiger partial charge in [-0.3, -0.25) is 0 Å². The van der Waals surface area contributed by atoms with Crippen LogP contribution in [0.1, 0.15) is 16.7 Å². The summed E-state index contributed by atoms with van der Waals surface area (Å²) in [6.45, 7) is 9.83. The first-order chi connectivity index (χ1) is 6.00. The number of benzene rings is 1. The standard InChI is InChI=1S/C11H16N2/c1-7-5-8(2)11(9(3)6-7)13-10(4)12/h5-6,13H,4,12H2,1-3H3. The van der Waals surface area contributed by atoms with Crippen molar-refractivity contribution < 1.29 is 0 Å². The quantitative estimate of drug-likeness (QED) is 0.726. The van der Waals surface area contributed by atoms with Gasteiger partial charge in [-0.05, 0) is 31.9 Å². The minimum Gasteiger partial charge on any atom is -0.386 e. The maximum absolute atomic E-state index is 5.49. The Kier molecular flexibility index (Phi) is 2.61. The fourth-order valence-electron chi connectivity index (χ4n) is 1.54. The van der Waals surface area contributed by atoms with E-state index < -0.39 is 0 Å². The molecule has 1 rings (SSSR count). The molecule has 13 heavy (non-hydrogen) atoms. The van der Waals surface area contributed by atoms with E-state index in [0.29, 0.717) is 5.82 Å². The third-order valence-electron chi connectivity index (χ3n) is 1.96. The van der Waals surface area contributed by atoms with E-state index in [1.165, 1.54) is 16.7 Å². The summed E-state index contributed by atoms with van der Waals surface area (Å²) in [6.07, 6.45) is 0. The Bertz CT molecular complexity index is 317. The molecule has 0 spiro atoms. The highest BCUT2D eigenvalue weighted by molar-refractivity contribution is 5.60. The molecule has 2 nitrogen and oxygen atoms in total. The van der Waals surface area contributed by atoms with Crippen LogP contribution in [0.2, 0.25) is 0 Å². The average Bonchev–Trinajstić information content (AvgIpc) is 1.96. The molecule has 0 unspecified atom stereocenters. The van der Waals surface area contributed by atoms with Crippen LogP contribution in [0.3, 0.4) is 0 Å². The maximum atomic E-state index is 5.49. The number of nitrogens with one attached hydrogen (secondary N) is 1. The zero-order chi connectivity index (χ0) is 10.0. The fraction of sp³-hybridized carbons (Fsp3) is 0.273. The highest BCUT2D eigenvalue weighted by Crippen LogP contribution is 2.22. The van der Waals surface area contributed by atoms with E-state index in [2.05, 4.69) is 44.8 Å². The van der Waals surface area contributed by atoms with Crippen LogP contribution in [-0.2, 0) is 0 Å². The lowest BCUT2D eigenvalue weighted by molar-refractivity contribution is 1.25. The molecule has 0 aromatic heterocycles. The van der Waals surface area contributed by atoms with Crippen LogP contribution >= 0.6 is 0 Å². The summed E-state index contributed by atoms with van der Waals surface area (Å²) in [4.78, 5) is 0. The molecule has 0 amide bonds. The molecule has 2 heteroatoms. The fourth-order valence-corrected chi connectivity index (χ4v) is 1.54. The molecule has 1 aromatic rings. The molecule has 0 saturated heterocycles. The van der Waals surface area contributed by atoms with Crippen LogP contribution in [0.25, 0.3) is 0 Å². The number of nitrogens with two attached hydrogens (primary N) is 1. The second kappa shape index (κ2) is 3.52. The van der Waals surface area contributed by atoms with Gasteiger partial charge in [-0.25, -0.2) is 0 Å². The molecule has 0 bridgehead atoms. The van der Waals surface area contributed by atoms with E-state index in [9.17, 15) is 0 Å². The van der Waals surface area contributed by atoms with Crippen LogP contribution in [0.5, 0.6) is 0 Å². The highest BCUT2D eigenvalue weighted by atomic mass is 15.0. The minimum absolute atomic E-state index is 0.482. The van der Waals surface area contributed by atoms with Gasteiger partial charge in [0, 0.05) is 5.69 Å². The van der Waals surface area contributed by atoms with Crippen molar-refractivity contribution in [1.29, 1.82) is 0 Å². The zero-order valence-corrected chi connectivity index (χ0v) is 8.44. The smallest absolute Gasteiger partial charge is 0.0930 e. The Hall–Kier alpha value is -1.44. The van der Waals surface area contributed by atoms with Crippen molar-refractivity contribution in [3.8, 4) is 0 Å². The molecule has 0 saturated carbocycles. The Labute approximate surface area is 79.5 Å². The Morgan fingerprint density at radius 3 is 2.08 bits per heavy atom. The number of hydrogen-bond acceptors (Lipinski definition) is 2. The third-order valence-corrected chi connectivity index (χ3v) is 1.96. The van der Waals surface area contributed by atoms with Crippen LogP contribution in [0, 0.1) is 20.8 Å². The molecule has 70 valence electrons. The van der Waals surface area contributed by atoms with Gasteiger partial charge in [0.1, 0.15) is 0 Å². The molecule has 0 aliphatic rings. The highest BCUT2D eigenvalue weighted by Gasteiger charge is 2.02. The predicted molar refractivity (Wildman–Crippen MR) is 57.6 cm³/mol. The van der Waals surface area contributed by atoms with E-state index in [-0.39, 0.29) is 0 Å². The molecule has 0 radical (unpaired) electrons. The monoisotopic (exact) mass is 176 g/mol. The Morgan fingerprint density at radius 2 is 1.69 bits per heavy atom. The van der Waals surface area contributed by atoms with Gasteiger partial charge in [0.2, 0.25) is 0 Å². The van der Waals surface area contributed by atoms with Gasteiger partial charge < -0.3 is 11.1 Å². The summed E-state index contributed by atoms with van der Waals surface area (Å²) in [5, 5.41) is 3.05. The van der Waals surface area contributed by atoms with E-state index in [1.807, 2.05) is 0 Å². The van der Waals surface area contributed by atoms with Gasteiger partial charge in [-0.1, -0.05) is 24.3 Å². The molecule has 0 aliphatic heterocycles. The molecule has 0 atom stereocenters. The first-order valence-corrected chi connectivity index (χ1v) is 4.30. The largest absolute Gasteiger partial charge is 0.386 e. The van der Waals surface area contributed by atoms with Crippen LogP contribution < -0.4 is 11.1 Å². The SMILES string of the molecule is C=C(N)Nc1c(C)cc(C)cc1C.